The molecule has 0 spiro atoms. The molecule has 158 valence electrons. The van der Waals surface area contributed by atoms with Gasteiger partial charge in [0.25, 0.3) is 0 Å². The first-order chi connectivity index (χ1) is 13.3. The van der Waals surface area contributed by atoms with Gasteiger partial charge in [0.15, 0.2) is 5.78 Å². The van der Waals surface area contributed by atoms with Crippen LogP contribution >= 0.6 is 11.6 Å². The maximum atomic E-state index is 12.5. The topological polar surface area (TPSA) is 56.3 Å². The Kier molecular flexibility index (Phi) is 7.10. The van der Waals surface area contributed by atoms with E-state index in [2.05, 4.69) is 4.98 Å². The van der Waals surface area contributed by atoms with E-state index in [4.69, 9.17) is 16.3 Å². The first-order valence-electron chi connectivity index (χ1n) is 10.1. The van der Waals surface area contributed by atoms with Crippen LogP contribution in [0.15, 0.2) is 24.3 Å². The van der Waals surface area contributed by atoms with E-state index in [-0.39, 0.29) is 11.2 Å². The minimum absolute atomic E-state index is 0.0340. The number of rotatable bonds is 4. The van der Waals surface area contributed by atoms with Gasteiger partial charge in [0.1, 0.15) is 22.4 Å². The second-order valence-electron chi connectivity index (χ2n) is 9.75. The van der Waals surface area contributed by atoms with Gasteiger partial charge in [0, 0.05) is 28.0 Å². The predicted molar refractivity (Wildman–Crippen MR) is 119 cm³/mol. The number of methoxy groups -OCH3 is 1. The van der Waals surface area contributed by atoms with E-state index in [0.717, 1.165) is 23.1 Å². The Morgan fingerprint density at radius 3 is 2.17 bits per heavy atom. The molecule has 1 fully saturated rings. The van der Waals surface area contributed by atoms with Crippen molar-refractivity contribution in [1.82, 2.24) is 4.98 Å². The van der Waals surface area contributed by atoms with Crippen molar-refractivity contribution >= 4 is 33.9 Å². The number of ketones is 2. The molecule has 1 aromatic heterocycles. The lowest BCUT2D eigenvalue weighted by atomic mass is 9.87. The molecule has 0 aliphatic heterocycles. The van der Waals surface area contributed by atoms with Gasteiger partial charge < -0.3 is 4.74 Å². The van der Waals surface area contributed by atoms with E-state index in [1.807, 2.05) is 59.7 Å². The number of ether oxygens (including phenoxy) is 1. The zero-order valence-corrected chi connectivity index (χ0v) is 19.3. The molecule has 1 aromatic carbocycles. The van der Waals surface area contributed by atoms with Crippen LogP contribution < -0.4 is 4.74 Å². The number of halogens is 1. The van der Waals surface area contributed by atoms with Gasteiger partial charge in [-0.3, -0.25) is 9.59 Å². The number of pyridine rings is 1. The molecule has 0 radical (unpaired) electrons. The third-order valence-electron chi connectivity index (χ3n) is 4.93. The Morgan fingerprint density at radius 2 is 1.69 bits per heavy atom. The number of hydrogen-bond donors (Lipinski definition) is 0. The van der Waals surface area contributed by atoms with Crippen molar-refractivity contribution in [2.75, 3.05) is 7.11 Å². The molecule has 0 unspecified atom stereocenters. The number of benzene rings is 1. The van der Waals surface area contributed by atoms with Gasteiger partial charge >= 0.3 is 0 Å². The number of nitrogens with zero attached hydrogens (tertiary/aromatic N) is 1. The fraction of sp³-hybridized carbons (Fsp3) is 0.542. The second kappa shape index (κ2) is 8.83. The van der Waals surface area contributed by atoms with Crippen LogP contribution in [0.3, 0.4) is 0 Å². The summed E-state index contributed by atoms with van der Waals surface area (Å²) in [6.07, 6.45) is 3.38. The highest BCUT2D eigenvalue weighted by Gasteiger charge is 2.30. The Labute approximate surface area is 179 Å². The van der Waals surface area contributed by atoms with Gasteiger partial charge in [-0.25, -0.2) is 4.98 Å². The molecular weight excluding hydrogens is 386 g/mol. The lowest BCUT2D eigenvalue weighted by molar-refractivity contribution is -0.126. The summed E-state index contributed by atoms with van der Waals surface area (Å²) in [5.41, 5.74) is -0.218. The SMILES string of the molecule is CC(C)(C)C(=O)CC1CC1.COc1cccc2c(C(=O)C(C)(C)C)nc(Cl)cc12. The lowest BCUT2D eigenvalue weighted by Crippen LogP contribution is -2.21. The standard InChI is InChI=1S/C15H16ClNO2.C9H16O/c1-15(2,3)14(18)13-9-6-5-7-11(19-4)10(9)8-12(16)17-13;1-9(2,3)8(10)6-7-4-5-7/h5-8H,1-4H3;7H,4-6H2,1-3H3. The van der Waals surface area contributed by atoms with E-state index >= 15 is 0 Å². The molecule has 0 atom stereocenters. The minimum atomic E-state index is -0.506. The number of carbonyl (C=O) groups excluding carboxylic acids is 2. The van der Waals surface area contributed by atoms with Gasteiger partial charge in [-0.05, 0) is 30.9 Å². The molecule has 2 aromatic rings. The molecule has 5 heteroatoms. The fourth-order valence-corrected chi connectivity index (χ4v) is 3.01. The van der Waals surface area contributed by atoms with Crippen molar-refractivity contribution in [3.05, 3.63) is 35.1 Å². The summed E-state index contributed by atoms with van der Waals surface area (Å²) in [6, 6.07) is 7.26. The molecule has 0 N–H and O–H groups in total. The van der Waals surface area contributed by atoms with Gasteiger partial charge in [-0.2, -0.15) is 0 Å². The molecule has 1 saturated carbocycles. The average molecular weight is 418 g/mol. The summed E-state index contributed by atoms with van der Waals surface area (Å²) >= 11 is 6.03. The molecule has 0 saturated heterocycles. The fourth-order valence-electron chi connectivity index (χ4n) is 2.81. The van der Waals surface area contributed by atoms with Crippen molar-refractivity contribution in [3.63, 3.8) is 0 Å². The molecule has 3 rings (SSSR count). The molecule has 1 aliphatic rings. The molecule has 4 nitrogen and oxygen atoms in total. The smallest absolute Gasteiger partial charge is 0.187 e. The molecule has 1 aliphatic carbocycles. The van der Waals surface area contributed by atoms with Crippen molar-refractivity contribution in [1.29, 1.82) is 0 Å². The molecule has 0 bridgehead atoms. The van der Waals surface area contributed by atoms with Crippen molar-refractivity contribution in [3.8, 4) is 5.75 Å². The van der Waals surface area contributed by atoms with Gasteiger partial charge in [0.05, 0.1) is 7.11 Å². The Morgan fingerprint density at radius 1 is 1.07 bits per heavy atom. The zero-order chi connectivity index (χ0) is 22.0. The highest BCUT2D eigenvalue weighted by atomic mass is 35.5. The van der Waals surface area contributed by atoms with E-state index in [9.17, 15) is 9.59 Å². The number of fused-ring (bicyclic) bond motifs is 1. The van der Waals surface area contributed by atoms with E-state index in [1.54, 1.807) is 13.2 Å². The van der Waals surface area contributed by atoms with Crippen LogP contribution in [0.1, 0.15) is 71.3 Å². The van der Waals surface area contributed by atoms with Crippen molar-refractivity contribution in [2.24, 2.45) is 16.7 Å². The summed E-state index contributed by atoms with van der Waals surface area (Å²) < 4.78 is 5.31. The third kappa shape index (κ3) is 6.27. The first kappa shape index (κ1) is 23.3. The number of Topliss-reactive ketones (excluding diaryl/α,β-unsaturated/α-hetero) is 2. The maximum absolute atomic E-state index is 12.5. The van der Waals surface area contributed by atoms with E-state index in [0.29, 0.717) is 22.4 Å². The number of hydrogen-bond acceptors (Lipinski definition) is 4. The summed E-state index contributed by atoms with van der Waals surface area (Å²) in [5, 5.41) is 1.87. The van der Waals surface area contributed by atoms with Gasteiger partial charge in [-0.1, -0.05) is 65.3 Å². The summed E-state index contributed by atoms with van der Waals surface area (Å²) in [5.74, 6) is 1.82. The summed E-state index contributed by atoms with van der Waals surface area (Å²) in [4.78, 5) is 28.0. The van der Waals surface area contributed by atoms with Gasteiger partial charge in [-0.15, -0.1) is 0 Å². The predicted octanol–water partition coefficient (Wildman–Crippen LogP) is 6.53. The Balaban J connectivity index is 0.000000253. The van der Waals surface area contributed by atoms with Crippen LogP contribution in [-0.4, -0.2) is 23.7 Å². The van der Waals surface area contributed by atoms with E-state index in [1.165, 1.54) is 12.8 Å². The van der Waals surface area contributed by atoms with Crippen LogP contribution in [0.5, 0.6) is 5.75 Å². The third-order valence-corrected chi connectivity index (χ3v) is 5.12. The summed E-state index contributed by atoms with van der Waals surface area (Å²) in [7, 11) is 1.59. The Bertz CT molecular complexity index is 903. The zero-order valence-electron chi connectivity index (χ0n) is 18.6. The normalized spacial score (nSPS) is 14.2. The number of carbonyl (C=O) groups is 2. The van der Waals surface area contributed by atoms with Crippen molar-refractivity contribution in [2.45, 2.75) is 60.8 Å². The Hall–Kier alpha value is -1.94. The quantitative estimate of drug-likeness (QED) is 0.419. The monoisotopic (exact) mass is 417 g/mol. The van der Waals surface area contributed by atoms with Crippen LogP contribution in [0, 0.1) is 16.7 Å². The van der Waals surface area contributed by atoms with E-state index < -0.39 is 5.41 Å². The lowest BCUT2D eigenvalue weighted by Gasteiger charge is -2.18. The number of aromatic nitrogens is 1. The van der Waals surface area contributed by atoms with Gasteiger partial charge in [0.2, 0.25) is 0 Å². The first-order valence-corrected chi connectivity index (χ1v) is 10.4. The molecule has 29 heavy (non-hydrogen) atoms. The molecule has 0 amide bonds. The second-order valence-corrected chi connectivity index (χ2v) is 10.1. The molecule has 1 heterocycles. The van der Waals surface area contributed by atoms with Crippen molar-refractivity contribution < 1.29 is 14.3 Å². The largest absolute Gasteiger partial charge is 0.496 e. The maximum Gasteiger partial charge on any atom is 0.187 e. The van der Waals surface area contributed by atoms with Crippen LogP contribution in [-0.2, 0) is 4.79 Å². The molecular formula is C24H32ClNO3. The highest BCUT2D eigenvalue weighted by Crippen LogP contribution is 2.35. The van der Waals surface area contributed by atoms with Crippen LogP contribution in [0.25, 0.3) is 10.8 Å². The average Bonchev–Trinajstić information content (AvgIpc) is 3.42. The minimum Gasteiger partial charge on any atom is -0.496 e. The summed E-state index contributed by atoms with van der Waals surface area (Å²) in [6.45, 7) is 11.6. The van der Waals surface area contributed by atoms with Crippen LogP contribution in [0.2, 0.25) is 5.15 Å². The highest BCUT2D eigenvalue weighted by molar-refractivity contribution is 6.30. The van der Waals surface area contributed by atoms with Crippen LogP contribution in [0.4, 0.5) is 0 Å².